The number of imidazole rings is 1. The van der Waals surface area contributed by atoms with E-state index in [1.54, 1.807) is 0 Å². The van der Waals surface area contributed by atoms with E-state index >= 15 is 0 Å². The first-order chi connectivity index (χ1) is 8.33. The Bertz CT molecular complexity index is 608. The Morgan fingerprint density at radius 3 is 2.72 bits per heavy atom. The number of sulfone groups is 1. The van der Waals surface area contributed by atoms with E-state index in [9.17, 15) is 16.8 Å². The molecule has 1 aromatic heterocycles. The largest absolute Gasteiger partial charge is 0.335 e. The third-order valence-corrected chi connectivity index (χ3v) is 7.20. The van der Waals surface area contributed by atoms with Crippen molar-refractivity contribution < 1.29 is 16.8 Å². The lowest BCUT2D eigenvalue weighted by molar-refractivity contribution is 0.403. The highest BCUT2D eigenvalue weighted by atomic mass is 32.2. The summed E-state index contributed by atoms with van der Waals surface area (Å²) < 4.78 is 48.9. The SMILES string of the molecule is CS(=O)(=O)C1CSCCN1S(=O)(=O)c1cnc[nH]1. The van der Waals surface area contributed by atoms with Crippen LogP contribution in [0.3, 0.4) is 0 Å². The van der Waals surface area contributed by atoms with E-state index in [4.69, 9.17) is 0 Å². The molecule has 0 saturated carbocycles. The topological polar surface area (TPSA) is 100 Å². The van der Waals surface area contributed by atoms with Crippen LogP contribution in [0.1, 0.15) is 0 Å². The predicted molar refractivity (Wildman–Crippen MR) is 68.4 cm³/mol. The standard InChI is InChI=1S/C8H13N3O4S3/c1-17(12,13)8-5-16-3-2-11(8)18(14,15)7-4-9-6-10-7/h4,6,8H,2-3,5H2,1H3,(H,9,10). The van der Waals surface area contributed by atoms with E-state index < -0.39 is 25.2 Å². The maximum atomic E-state index is 12.3. The van der Waals surface area contributed by atoms with Crippen LogP contribution < -0.4 is 0 Å². The Morgan fingerprint density at radius 2 is 2.17 bits per heavy atom. The fourth-order valence-electron chi connectivity index (χ4n) is 1.69. The Hall–Kier alpha value is -0.580. The molecule has 18 heavy (non-hydrogen) atoms. The van der Waals surface area contributed by atoms with Gasteiger partial charge in [0.2, 0.25) is 0 Å². The number of rotatable bonds is 3. The maximum absolute atomic E-state index is 12.3. The third kappa shape index (κ3) is 2.56. The molecule has 0 aromatic carbocycles. The summed E-state index contributed by atoms with van der Waals surface area (Å²) in [6.45, 7) is 0.184. The number of hydrogen-bond donors (Lipinski definition) is 1. The van der Waals surface area contributed by atoms with Crippen LogP contribution in [-0.2, 0) is 19.9 Å². The molecule has 0 spiro atoms. The van der Waals surface area contributed by atoms with Crippen LogP contribution >= 0.6 is 11.8 Å². The van der Waals surface area contributed by atoms with Gasteiger partial charge in [-0.25, -0.2) is 21.8 Å². The molecule has 1 aromatic rings. The summed E-state index contributed by atoms with van der Waals surface area (Å²) in [6.07, 6.45) is 3.48. The fourth-order valence-corrected chi connectivity index (χ4v) is 6.76. The molecule has 0 amide bonds. The Kier molecular flexibility index (Phi) is 3.72. The molecule has 1 aliphatic heterocycles. The van der Waals surface area contributed by atoms with Crippen molar-refractivity contribution in [2.75, 3.05) is 24.3 Å². The van der Waals surface area contributed by atoms with Crippen LogP contribution in [0, 0.1) is 0 Å². The fraction of sp³-hybridized carbons (Fsp3) is 0.625. The average molecular weight is 311 g/mol. The highest BCUT2D eigenvalue weighted by molar-refractivity contribution is 8.01. The van der Waals surface area contributed by atoms with E-state index in [0.717, 1.165) is 10.6 Å². The zero-order chi connectivity index (χ0) is 13.4. The molecule has 1 atom stereocenters. The lowest BCUT2D eigenvalue weighted by Gasteiger charge is -2.32. The monoisotopic (exact) mass is 311 g/mol. The zero-order valence-electron chi connectivity index (χ0n) is 9.61. The first-order valence-electron chi connectivity index (χ1n) is 5.10. The van der Waals surface area contributed by atoms with Crippen molar-refractivity contribution in [3.05, 3.63) is 12.5 Å². The van der Waals surface area contributed by atoms with Crippen molar-refractivity contribution in [1.29, 1.82) is 0 Å². The van der Waals surface area contributed by atoms with Gasteiger partial charge in [0.1, 0.15) is 5.37 Å². The number of nitrogens with one attached hydrogen (secondary N) is 1. The lowest BCUT2D eigenvalue weighted by atomic mass is 10.6. The highest BCUT2D eigenvalue weighted by Crippen LogP contribution is 2.26. The van der Waals surface area contributed by atoms with Crippen molar-refractivity contribution in [3.63, 3.8) is 0 Å². The molecule has 0 aliphatic carbocycles. The van der Waals surface area contributed by atoms with Gasteiger partial charge in [0.25, 0.3) is 10.0 Å². The number of sulfonamides is 1. The van der Waals surface area contributed by atoms with Crippen molar-refractivity contribution in [1.82, 2.24) is 14.3 Å². The maximum Gasteiger partial charge on any atom is 0.261 e. The Labute approximate surface area is 110 Å². The highest BCUT2D eigenvalue weighted by Gasteiger charge is 2.39. The van der Waals surface area contributed by atoms with Crippen molar-refractivity contribution in [2.45, 2.75) is 10.4 Å². The first kappa shape index (κ1) is 13.8. The Morgan fingerprint density at radius 1 is 1.44 bits per heavy atom. The first-order valence-corrected chi connectivity index (χ1v) is 9.65. The van der Waals surface area contributed by atoms with Gasteiger partial charge in [-0.05, 0) is 0 Å². The molecule has 1 saturated heterocycles. The van der Waals surface area contributed by atoms with Gasteiger partial charge >= 0.3 is 0 Å². The van der Waals surface area contributed by atoms with Gasteiger partial charge in [0.15, 0.2) is 14.9 Å². The smallest absolute Gasteiger partial charge is 0.261 e. The lowest BCUT2D eigenvalue weighted by Crippen LogP contribution is -2.49. The van der Waals surface area contributed by atoms with Gasteiger partial charge in [0.05, 0.1) is 12.5 Å². The molecule has 0 bridgehead atoms. The average Bonchev–Trinajstić information content (AvgIpc) is 2.82. The van der Waals surface area contributed by atoms with Crippen LogP contribution in [0.25, 0.3) is 0 Å². The van der Waals surface area contributed by atoms with Gasteiger partial charge < -0.3 is 4.98 Å². The number of hydrogen-bond acceptors (Lipinski definition) is 6. The molecule has 1 unspecified atom stereocenters. The summed E-state index contributed by atoms with van der Waals surface area (Å²) in [4.78, 5) is 6.16. The van der Waals surface area contributed by atoms with Crippen LogP contribution in [0.5, 0.6) is 0 Å². The number of thioether (sulfide) groups is 1. The van der Waals surface area contributed by atoms with E-state index in [-0.39, 0.29) is 17.3 Å². The number of aromatic amines is 1. The van der Waals surface area contributed by atoms with Gasteiger partial charge in [0, 0.05) is 24.3 Å². The van der Waals surface area contributed by atoms with Crippen LogP contribution in [-0.4, -0.2) is 60.8 Å². The minimum absolute atomic E-state index is 0.0805. The molecule has 102 valence electrons. The molecule has 1 N–H and O–H groups in total. The second-order valence-corrected chi connectivity index (χ2v) is 9.10. The summed E-state index contributed by atoms with van der Waals surface area (Å²) in [5, 5.41) is -1.09. The molecule has 7 nitrogen and oxygen atoms in total. The van der Waals surface area contributed by atoms with E-state index in [2.05, 4.69) is 9.97 Å². The van der Waals surface area contributed by atoms with Gasteiger partial charge in [-0.1, -0.05) is 0 Å². The normalized spacial score (nSPS) is 23.1. The summed E-state index contributed by atoms with van der Waals surface area (Å²) in [5.74, 6) is 0.839. The third-order valence-electron chi connectivity index (χ3n) is 2.59. The minimum Gasteiger partial charge on any atom is -0.335 e. The van der Waals surface area contributed by atoms with Crippen molar-refractivity contribution in [2.24, 2.45) is 0 Å². The van der Waals surface area contributed by atoms with Crippen LogP contribution in [0.15, 0.2) is 17.6 Å². The molecule has 1 aliphatic rings. The summed E-state index contributed by atoms with van der Waals surface area (Å²) in [5.41, 5.74) is 0. The zero-order valence-corrected chi connectivity index (χ0v) is 12.1. The van der Waals surface area contributed by atoms with Gasteiger partial charge in [-0.2, -0.15) is 16.1 Å². The minimum atomic E-state index is -3.83. The van der Waals surface area contributed by atoms with Crippen molar-refractivity contribution in [3.8, 4) is 0 Å². The molecular weight excluding hydrogens is 298 g/mol. The quantitative estimate of drug-likeness (QED) is 0.809. The van der Waals surface area contributed by atoms with Crippen LogP contribution in [0.4, 0.5) is 0 Å². The predicted octanol–water partition coefficient (Wildman–Crippen LogP) is -0.482. The molecule has 0 radical (unpaired) electrons. The number of nitrogens with zero attached hydrogens (tertiary/aromatic N) is 2. The van der Waals surface area contributed by atoms with Gasteiger partial charge in [-0.3, -0.25) is 0 Å². The van der Waals surface area contributed by atoms with E-state index in [1.807, 2.05) is 0 Å². The van der Waals surface area contributed by atoms with Crippen molar-refractivity contribution >= 4 is 31.6 Å². The molecule has 2 rings (SSSR count). The molecule has 10 heteroatoms. The van der Waals surface area contributed by atoms with E-state index in [1.165, 1.54) is 24.3 Å². The van der Waals surface area contributed by atoms with Crippen LogP contribution in [0.2, 0.25) is 0 Å². The Balaban J connectivity index is 2.42. The number of aromatic nitrogens is 2. The molecule has 1 fully saturated rings. The molecule has 2 heterocycles. The summed E-state index contributed by atoms with van der Waals surface area (Å²) >= 11 is 1.44. The second kappa shape index (κ2) is 4.83. The van der Waals surface area contributed by atoms with E-state index in [0.29, 0.717) is 5.75 Å². The summed E-state index contributed by atoms with van der Waals surface area (Å²) in [6, 6.07) is 0. The number of H-pyrrole nitrogens is 1. The molecular formula is C8H13N3O4S3. The summed E-state index contributed by atoms with van der Waals surface area (Å²) in [7, 11) is -7.29. The second-order valence-electron chi connectivity index (χ2n) is 3.89. The van der Waals surface area contributed by atoms with Gasteiger partial charge in [-0.15, -0.1) is 0 Å².